The summed E-state index contributed by atoms with van der Waals surface area (Å²) in [6.45, 7) is 0.295. The molecule has 0 heterocycles. The zero-order valence-corrected chi connectivity index (χ0v) is 8.49. The fourth-order valence-corrected chi connectivity index (χ4v) is 1.30. The molecule has 0 saturated heterocycles. The zero-order valence-electron chi connectivity index (χ0n) is 8.49. The van der Waals surface area contributed by atoms with Crippen LogP contribution in [0.15, 0.2) is 48.5 Å². The Balaban J connectivity index is 1.99. The summed E-state index contributed by atoms with van der Waals surface area (Å²) in [4.78, 5) is 0. The van der Waals surface area contributed by atoms with Crippen molar-refractivity contribution in [1.29, 1.82) is 0 Å². The fourth-order valence-electron chi connectivity index (χ4n) is 1.30. The lowest BCUT2D eigenvalue weighted by Crippen LogP contribution is -1.95. The first-order valence-corrected chi connectivity index (χ1v) is 4.87. The smallest absolute Gasteiger partial charge is 0.126 e. The first-order chi connectivity index (χ1) is 7.74. The van der Waals surface area contributed by atoms with Crippen molar-refractivity contribution in [3.05, 3.63) is 65.7 Å². The third kappa shape index (κ3) is 2.79. The van der Waals surface area contributed by atoms with E-state index < -0.39 is 0 Å². The maximum atomic E-state index is 12.8. The van der Waals surface area contributed by atoms with Crippen LogP contribution in [0.2, 0.25) is 0 Å². The second-order valence-corrected chi connectivity index (χ2v) is 3.37. The van der Waals surface area contributed by atoms with Crippen molar-refractivity contribution in [1.82, 2.24) is 0 Å². The van der Waals surface area contributed by atoms with Crippen LogP contribution in [-0.2, 0) is 6.61 Å². The SMILES string of the molecule is Fc1ccc(COc2cccc(F)c2)cc1. The van der Waals surface area contributed by atoms with Gasteiger partial charge in [-0.3, -0.25) is 0 Å². The average molecular weight is 220 g/mol. The van der Waals surface area contributed by atoms with Crippen LogP contribution < -0.4 is 4.74 Å². The largest absolute Gasteiger partial charge is 0.489 e. The van der Waals surface area contributed by atoms with Gasteiger partial charge >= 0.3 is 0 Å². The molecule has 0 N–H and O–H groups in total. The van der Waals surface area contributed by atoms with Crippen molar-refractivity contribution >= 4 is 0 Å². The van der Waals surface area contributed by atoms with Crippen molar-refractivity contribution in [3.63, 3.8) is 0 Å². The Bertz CT molecular complexity index is 466. The first kappa shape index (κ1) is 10.6. The first-order valence-electron chi connectivity index (χ1n) is 4.87. The molecule has 0 atom stereocenters. The Morgan fingerprint density at radius 1 is 0.875 bits per heavy atom. The fraction of sp³-hybridized carbons (Fsp3) is 0.0769. The molecular weight excluding hydrogens is 210 g/mol. The molecule has 0 unspecified atom stereocenters. The monoisotopic (exact) mass is 220 g/mol. The van der Waals surface area contributed by atoms with Gasteiger partial charge in [0.1, 0.15) is 24.0 Å². The molecule has 2 aromatic carbocycles. The van der Waals surface area contributed by atoms with Crippen molar-refractivity contribution in [2.75, 3.05) is 0 Å². The van der Waals surface area contributed by atoms with Gasteiger partial charge in [-0.25, -0.2) is 8.78 Å². The molecule has 0 fully saturated rings. The topological polar surface area (TPSA) is 9.23 Å². The molecule has 0 saturated carbocycles. The number of benzene rings is 2. The zero-order chi connectivity index (χ0) is 11.4. The molecule has 0 amide bonds. The van der Waals surface area contributed by atoms with Gasteiger partial charge in [-0.2, -0.15) is 0 Å². The van der Waals surface area contributed by atoms with E-state index in [9.17, 15) is 8.78 Å². The molecule has 0 aliphatic heterocycles. The van der Waals surface area contributed by atoms with E-state index in [-0.39, 0.29) is 11.6 Å². The minimum atomic E-state index is -0.336. The Kier molecular flexibility index (Phi) is 3.15. The molecular formula is C13H10F2O. The van der Waals surface area contributed by atoms with Crippen molar-refractivity contribution in [2.24, 2.45) is 0 Å². The van der Waals surface area contributed by atoms with E-state index in [1.165, 1.54) is 24.3 Å². The van der Waals surface area contributed by atoms with Crippen molar-refractivity contribution in [2.45, 2.75) is 6.61 Å². The summed E-state index contributed by atoms with van der Waals surface area (Å²) in [5.41, 5.74) is 0.839. The number of hydrogen-bond donors (Lipinski definition) is 0. The van der Waals surface area contributed by atoms with Gasteiger partial charge in [0.2, 0.25) is 0 Å². The molecule has 0 spiro atoms. The average Bonchev–Trinajstić information content (AvgIpc) is 2.28. The van der Waals surface area contributed by atoms with Gasteiger partial charge in [0.05, 0.1) is 0 Å². The lowest BCUT2D eigenvalue weighted by Gasteiger charge is -2.05. The summed E-state index contributed by atoms with van der Waals surface area (Å²) < 4.78 is 30.8. The Hall–Kier alpha value is -1.90. The molecule has 0 aromatic heterocycles. The minimum Gasteiger partial charge on any atom is -0.489 e. The van der Waals surface area contributed by atoms with Gasteiger partial charge in [0.25, 0.3) is 0 Å². The van der Waals surface area contributed by atoms with Gasteiger partial charge in [-0.15, -0.1) is 0 Å². The van der Waals surface area contributed by atoms with Crippen LogP contribution in [0.4, 0.5) is 8.78 Å². The van der Waals surface area contributed by atoms with Crippen LogP contribution in [0.1, 0.15) is 5.56 Å². The third-order valence-corrected chi connectivity index (χ3v) is 2.11. The lowest BCUT2D eigenvalue weighted by molar-refractivity contribution is 0.304. The highest BCUT2D eigenvalue weighted by atomic mass is 19.1. The van der Waals surface area contributed by atoms with Gasteiger partial charge < -0.3 is 4.74 Å². The quantitative estimate of drug-likeness (QED) is 0.768. The van der Waals surface area contributed by atoms with Gasteiger partial charge in [0.15, 0.2) is 0 Å². The number of hydrogen-bond acceptors (Lipinski definition) is 1. The van der Waals surface area contributed by atoms with E-state index in [1.807, 2.05) is 0 Å². The van der Waals surface area contributed by atoms with E-state index in [0.717, 1.165) is 5.56 Å². The van der Waals surface area contributed by atoms with Crippen LogP contribution >= 0.6 is 0 Å². The summed E-state index contributed by atoms with van der Waals surface area (Å²) in [6.07, 6.45) is 0. The maximum Gasteiger partial charge on any atom is 0.126 e. The molecule has 2 aromatic rings. The second kappa shape index (κ2) is 4.75. The van der Waals surface area contributed by atoms with E-state index >= 15 is 0 Å². The highest BCUT2D eigenvalue weighted by Crippen LogP contribution is 2.14. The summed E-state index contributed by atoms with van der Waals surface area (Å²) in [6, 6.07) is 11.9. The predicted octanol–water partition coefficient (Wildman–Crippen LogP) is 3.54. The molecule has 0 bridgehead atoms. The highest BCUT2D eigenvalue weighted by molar-refractivity contribution is 5.23. The van der Waals surface area contributed by atoms with E-state index in [2.05, 4.69) is 0 Å². The van der Waals surface area contributed by atoms with Crippen LogP contribution in [0.3, 0.4) is 0 Å². The lowest BCUT2D eigenvalue weighted by atomic mass is 10.2. The minimum absolute atomic E-state index is 0.283. The van der Waals surface area contributed by atoms with Crippen LogP contribution in [0.5, 0.6) is 5.75 Å². The van der Waals surface area contributed by atoms with Crippen molar-refractivity contribution < 1.29 is 13.5 Å². The van der Waals surface area contributed by atoms with Gasteiger partial charge in [-0.1, -0.05) is 18.2 Å². The molecule has 0 aliphatic carbocycles. The Labute approximate surface area is 92.3 Å². The molecule has 1 nitrogen and oxygen atoms in total. The number of rotatable bonds is 3. The summed E-state index contributed by atoms with van der Waals surface area (Å²) in [5.74, 6) is -0.157. The summed E-state index contributed by atoms with van der Waals surface area (Å²) in [7, 11) is 0. The van der Waals surface area contributed by atoms with Crippen LogP contribution in [0, 0.1) is 11.6 Å². The van der Waals surface area contributed by atoms with E-state index in [4.69, 9.17) is 4.74 Å². The van der Waals surface area contributed by atoms with E-state index in [0.29, 0.717) is 12.4 Å². The van der Waals surface area contributed by atoms with Crippen molar-refractivity contribution in [3.8, 4) is 5.75 Å². The highest BCUT2D eigenvalue weighted by Gasteiger charge is 1.97. The standard InChI is InChI=1S/C13H10F2O/c14-11-6-4-10(5-7-11)9-16-13-3-1-2-12(15)8-13/h1-8H,9H2. The molecule has 2 rings (SSSR count). The van der Waals surface area contributed by atoms with E-state index in [1.54, 1.807) is 24.3 Å². The normalized spacial score (nSPS) is 10.1. The summed E-state index contributed by atoms with van der Waals surface area (Å²) in [5, 5.41) is 0. The van der Waals surface area contributed by atoms with Crippen LogP contribution in [-0.4, -0.2) is 0 Å². The molecule has 82 valence electrons. The summed E-state index contributed by atoms with van der Waals surface area (Å²) >= 11 is 0. The molecule has 3 heteroatoms. The molecule has 0 radical (unpaired) electrons. The molecule has 0 aliphatic rings. The Morgan fingerprint density at radius 2 is 1.62 bits per heavy atom. The molecule has 16 heavy (non-hydrogen) atoms. The third-order valence-electron chi connectivity index (χ3n) is 2.11. The number of halogens is 2. The van der Waals surface area contributed by atoms with Gasteiger partial charge in [0, 0.05) is 6.07 Å². The number of ether oxygens (including phenoxy) is 1. The van der Waals surface area contributed by atoms with Gasteiger partial charge in [-0.05, 0) is 29.8 Å². The van der Waals surface area contributed by atoms with Crippen LogP contribution in [0.25, 0.3) is 0 Å². The second-order valence-electron chi connectivity index (χ2n) is 3.37. The Morgan fingerprint density at radius 3 is 2.31 bits per heavy atom. The maximum absolute atomic E-state index is 12.8. The predicted molar refractivity (Wildman–Crippen MR) is 57.1 cm³/mol.